The lowest BCUT2D eigenvalue weighted by Crippen LogP contribution is -2.10. The van der Waals surface area contributed by atoms with Gasteiger partial charge in [-0.15, -0.1) is 0 Å². The van der Waals surface area contributed by atoms with Gasteiger partial charge in [-0.2, -0.15) is 0 Å². The standard InChI is InChI=1S/C16H12O5/c17-13-9-5-1-3-7-11(9)15(19-13)21-16-12-8-4-2-6-10(12)14(18)20-16/h1-8,13,15-17H. The molecule has 0 amide bonds. The topological polar surface area (TPSA) is 65.0 Å². The van der Waals surface area contributed by atoms with E-state index in [1.54, 1.807) is 24.3 Å². The maximum Gasteiger partial charge on any atom is 0.341 e. The number of ether oxygens (including phenoxy) is 3. The predicted octanol–water partition coefficient (Wildman–Crippen LogP) is 2.59. The zero-order valence-electron chi connectivity index (χ0n) is 10.9. The fourth-order valence-electron chi connectivity index (χ4n) is 2.65. The van der Waals surface area contributed by atoms with Gasteiger partial charge in [0.2, 0.25) is 6.29 Å². The van der Waals surface area contributed by atoms with Crippen LogP contribution in [-0.4, -0.2) is 11.1 Å². The van der Waals surface area contributed by atoms with Crippen LogP contribution in [0.3, 0.4) is 0 Å². The molecule has 21 heavy (non-hydrogen) atoms. The van der Waals surface area contributed by atoms with Gasteiger partial charge in [0.15, 0.2) is 12.6 Å². The maximum absolute atomic E-state index is 11.8. The second kappa shape index (κ2) is 4.66. The van der Waals surface area contributed by atoms with Crippen molar-refractivity contribution >= 4 is 5.97 Å². The Labute approximate surface area is 120 Å². The quantitative estimate of drug-likeness (QED) is 0.859. The van der Waals surface area contributed by atoms with E-state index in [0.29, 0.717) is 16.7 Å². The van der Waals surface area contributed by atoms with E-state index in [1.165, 1.54) is 0 Å². The minimum Gasteiger partial charge on any atom is -0.428 e. The van der Waals surface area contributed by atoms with Crippen LogP contribution in [0.5, 0.6) is 0 Å². The predicted molar refractivity (Wildman–Crippen MR) is 70.9 cm³/mol. The van der Waals surface area contributed by atoms with E-state index in [4.69, 9.17) is 14.2 Å². The summed E-state index contributed by atoms with van der Waals surface area (Å²) >= 11 is 0. The third-order valence-corrected chi connectivity index (χ3v) is 3.66. The van der Waals surface area contributed by atoms with Gasteiger partial charge in [0, 0.05) is 16.7 Å². The van der Waals surface area contributed by atoms with Crippen molar-refractivity contribution in [2.75, 3.05) is 0 Å². The Bertz CT molecular complexity index is 711. The van der Waals surface area contributed by atoms with Crippen LogP contribution >= 0.6 is 0 Å². The number of hydrogen-bond donors (Lipinski definition) is 1. The van der Waals surface area contributed by atoms with Gasteiger partial charge in [0.1, 0.15) is 0 Å². The number of aliphatic hydroxyl groups is 1. The highest BCUT2D eigenvalue weighted by molar-refractivity contribution is 5.93. The molecule has 3 atom stereocenters. The molecule has 2 aromatic carbocycles. The third-order valence-electron chi connectivity index (χ3n) is 3.66. The summed E-state index contributed by atoms with van der Waals surface area (Å²) in [6, 6.07) is 14.3. The number of esters is 1. The number of fused-ring (bicyclic) bond motifs is 2. The first-order valence-electron chi connectivity index (χ1n) is 6.62. The van der Waals surface area contributed by atoms with Crippen molar-refractivity contribution in [2.45, 2.75) is 18.9 Å². The van der Waals surface area contributed by atoms with Crippen LogP contribution in [0.1, 0.15) is 45.9 Å². The number of hydrogen-bond acceptors (Lipinski definition) is 5. The Morgan fingerprint density at radius 3 is 2.38 bits per heavy atom. The first kappa shape index (κ1) is 12.5. The van der Waals surface area contributed by atoms with Crippen LogP contribution < -0.4 is 0 Å². The van der Waals surface area contributed by atoms with E-state index >= 15 is 0 Å². The van der Waals surface area contributed by atoms with E-state index in [-0.39, 0.29) is 0 Å². The van der Waals surface area contributed by atoms with Crippen LogP contribution in [0.4, 0.5) is 0 Å². The molecule has 5 nitrogen and oxygen atoms in total. The second-order valence-corrected chi connectivity index (χ2v) is 4.91. The van der Waals surface area contributed by atoms with E-state index in [1.807, 2.05) is 24.3 Å². The molecule has 1 N–H and O–H groups in total. The highest BCUT2D eigenvalue weighted by atomic mass is 16.8. The molecule has 2 aliphatic heterocycles. The van der Waals surface area contributed by atoms with E-state index < -0.39 is 24.8 Å². The van der Waals surface area contributed by atoms with Crippen molar-refractivity contribution in [3.8, 4) is 0 Å². The van der Waals surface area contributed by atoms with Crippen LogP contribution in [0.15, 0.2) is 48.5 Å². The van der Waals surface area contributed by atoms with Gasteiger partial charge in [0.05, 0.1) is 5.56 Å². The van der Waals surface area contributed by atoms with Crippen LogP contribution in [-0.2, 0) is 14.2 Å². The Kier molecular flexibility index (Phi) is 2.78. The molecule has 2 heterocycles. The number of aliphatic hydroxyl groups excluding tert-OH is 1. The highest BCUT2D eigenvalue weighted by Crippen LogP contribution is 2.42. The molecule has 4 rings (SSSR count). The molecule has 3 unspecified atom stereocenters. The molecule has 0 saturated carbocycles. The highest BCUT2D eigenvalue weighted by Gasteiger charge is 2.38. The molecule has 106 valence electrons. The van der Waals surface area contributed by atoms with Gasteiger partial charge >= 0.3 is 5.97 Å². The lowest BCUT2D eigenvalue weighted by atomic mass is 10.1. The molecular weight excluding hydrogens is 272 g/mol. The Morgan fingerprint density at radius 1 is 0.905 bits per heavy atom. The van der Waals surface area contributed by atoms with Gasteiger partial charge in [-0.1, -0.05) is 42.5 Å². The summed E-state index contributed by atoms with van der Waals surface area (Å²) in [6.07, 6.45) is -2.62. The van der Waals surface area contributed by atoms with Crippen molar-refractivity contribution in [1.82, 2.24) is 0 Å². The number of carbonyl (C=O) groups is 1. The van der Waals surface area contributed by atoms with Gasteiger partial charge in [-0.3, -0.25) is 0 Å². The lowest BCUT2D eigenvalue weighted by molar-refractivity contribution is -0.268. The first-order valence-corrected chi connectivity index (χ1v) is 6.62. The average molecular weight is 284 g/mol. The van der Waals surface area contributed by atoms with E-state index in [0.717, 1.165) is 5.56 Å². The molecule has 0 spiro atoms. The number of benzene rings is 2. The fraction of sp³-hybridized carbons (Fsp3) is 0.188. The number of carbonyl (C=O) groups excluding carboxylic acids is 1. The summed E-state index contributed by atoms with van der Waals surface area (Å²) in [5.74, 6) is -0.414. The van der Waals surface area contributed by atoms with Crippen LogP contribution in [0, 0.1) is 0 Å². The molecular formula is C16H12O5. The number of rotatable bonds is 2. The first-order chi connectivity index (χ1) is 10.2. The SMILES string of the molecule is O=C1OC(OC2OC(O)c3ccccc32)c2ccccc21. The summed E-state index contributed by atoms with van der Waals surface area (Å²) < 4.78 is 16.3. The summed E-state index contributed by atoms with van der Waals surface area (Å²) in [5, 5.41) is 9.86. The van der Waals surface area contributed by atoms with Crippen molar-refractivity contribution in [3.63, 3.8) is 0 Å². The normalized spacial score (nSPS) is 26.3. The molecule has 0 fully saturated rings. The minimum atomic E-state index is -1.03. The van der Waals surface area contributed by atoms with Gasteiger partial charge in [0.25, 0.3) is 0 Å². The molecule has 5 heteroatoms. The van der Waals surface area contributed by atoms with Gasteiger partial charge < -0.3 is 19.3 Å². The van der Waals surface area contributed by atoms with E-state index in [2.05, 4.69) is 0 Å². The van der Waals surface area contributed by atoms with E-state index in [9.17, 15) is 9.90 Å². The van der Waals surface area contributed by atoms with Crippen LogP contribution in [0.2, 0.25) is 0 Å². The average Bonchev–Trinajstić information content (AvgIpc) is 3.00. The largest absolute Gasteiger partial charge is 0.428 e. The van der Waals surface area contributed by atoms with Gasteiger partial charge in [-0.05, 0) is 6.07 Å². The molecule has 0 radical (unpaired) electrons. The number of cyclic esters (lactones) is 1. The molecule has 0 bridgehead atoms. The fourth-order valence-corrected chi connectivity index (χ4v) is 2.65. The lowest BCUT2D eigenvalue weighted by Gasteiger charge is -2.18. The van der Waals surface area contributed by atoms with Gasteiger partial charge in [-0.25, -0.2) is 4.79 Å². The molecule has 0 aromatic heterocycles. The molecule has 0 aliphatic carbocycles. The smallest absolute Gasteiger partial charge is 0.341 e. The Balaban J connectivity index is 1.63. The van der Waals surface area contributed by atoms with Crippen molar-refractivity contribution < 1.29 is 24.1 Å². The summed E-state index contributed by atoms with van der Waals surface area (Å²) in [4.78, 5) is 11.8. The summed E-state index contributed by atoms with van der Waals surface area (Å²) in [5.41, 5.74) is 2.57. The molecule has 2 aliphatic rings. The van der Waals surface area contributed by atoms with Crippen LogP contribution in [0.25, 0.3) is 0 Å². The Hall–Kier alpha value is -2.21. The molecule has 0 saturated heterocycles. The van der Waals surface area contributed by atoms with Crippen molar-refractivity contribution in [3.05, 3.63) is 70.8 Å². The molecule has 2 aromatic rings. The second-order valence-electron chi connectivity index (χ2n) is 4.91. The summed E-state index contributed by atoms with van der Waals surface area (Å²) in [6.45, 7) is 0. The zero-order chi connectivity index (χ0) is 14.4. The Morgan fingerprint density at radius 2 is 1.57 bits per heavy atom. The zero-order valence-corrected chi connectivity index (χ0v) is 10.9. The summed E-state index contributed by atoms with van der Waals surface area (Å²) in [7, 11) is 0. The minimum absolute atomic E-state index is 0.414. The maximum atomic E-state index is 11.8. The van der Waals surface area contributed by atoms with Crippen molar-refractivity contribution in [2.24, 2.45) is 0 Å². The third kappa shape index (κ3) is 1.94. The van der Waals surface area contributed by atoms with Crippen molar-refractivity contribution in [1.29, 1.82) is 0 Å². The monoisotopic (exact) mass is 284 g/mol.